The van der Waals surface area contributed by atoms with Crippen LogP contribution in [0.2, 0.25) is 0 Å². The molecule has 0 bridgehead atoms. The summed E-state index contributed by atoms with van der Waals surface area (Å²) in [7, 11) is 0. The number of aromatic nitrogens is 2. The molecule has 4 aromatic rings. The minimum atomic E-state index is -0.405. The van der Waals surface area contributed by atoms with Crippen molar-refractivity contribution in [1.29, 1.82) is 0 Å². The van der Waals surface area contributed by atoms with Gasteiger partial charge < -0.3 is 9.97 Å². The quantitative estimate of drug-likeness (QED) is 0.495. The normalized spacial score (nSPS) is 11.6. The van der Waals surface area contributed by atoms with E-state index in [1.54, 1.807) is 6.07 Å². The zero-order valence-corrected chi connectivity index (χ0v) is 9.83. The number of halogens is 1. The topological polar surface area (TPSA) is 48.6 Å². The highest BCUT2D eigenvalue weighted by molar-refractivity contribution is 6.09. The molecule has 0 radical (unpaired) electrons. The van der Waals surface area contributed by atoms with Gasteiger partial charge in [0.25, 0.3) is 0 Å². The first-order chi connectivity index (χ1) is 9.24. The van der Waals surface area contributed by atoms with Crippen molar-refractivity contribution in [2.24, 2.45) is 0 Å². The maximum Gasteiger partial charge on any atom is 0.199 e. The van der Waals surface area contributed by atoms with E-state index in [4.69, 9.17) is 0 Å². The zero-order valence-electron chi connectivity index (χ0n) is 9.83. The van der Waals surface area contributed by atoms with Crippen molar-refractivity contribution < 1.29 is 4.39 Å². The number of aromatic amines is 2. The molecule has 0 unspecified atom stereocenters. The summed E-state index contributed by atoms with van der Waals surface area (Å²) in [5.74, 6) is -0.405. The third-order valence-corrected chi connectivity index (χ3v) is 3.42. The lowest BCUT2D eigenvalue weighted by Crippen LogP contribution is -2.03. The van der Waals surface area contributed by atoms with E-state index in [1.807, 2.05) is 24.3 Å². The van der Waals surface area contributed by atoms with Gasteiger partial charge in [0.15, 0.2) is 5.43 Å². The lowest BCUT2D eigenvalue weighted by Gasteiger charge is -1.99. The zero-order chi connectivity index (χ0) is 13.0. The van der Waals surface area contributed by atoms with Crippen molar-refractivity contribution in [2.45, 2.75) is 0 Å². The average molecular weight is 252 g/mol. The van der Waals surface area contributed by atoms with E-state index >= 15 is 0 Å². The van der Waals surface area contributed by atoms with Crippen molar-refractivity contribution in [3.8, 4) is 0 Å². The first-order valence-electron chi connectivity index (χ1n) is 5.96. The van der Waals surface area contributed by atoms with Crippen LogP contribution in [0.3, 0.4) is 0 Å². The van der Waals surface area contributed by atoms with E-state index in [0.717, 1.165) is 10.9 Å². The molecule has 0 aliphatic rings. The fourth-order valence-corrected chi connectivity index (χ4v) is 2.55. The molecule has 0 aliphatic heterocycles. The molecule has 2 N–H and O–H groups in total. The van der Waals surface area contributed by atoms with Gasteiger partial charge in [-0.15, -0.1) is 0 Å². The van der Waals surface area contributed by atoms with Crippen LogP contribution in [0.1, 0.15) is 0 Å². The largest absolute Gasteiger partial charge is 0.341 e. The van der Waals surface area contributed by atoms with E-state index in [-0.39, 0.29) is 5.43 Å². The Morgan fingerprint density at radius 1 is 0.895 bits per heavy atom. The van der Waals surface area contributed by atoms with Crippen LogP contribution < -0.4 is 5.43 Å². The molecule has 0 spiro atoms. The smallest absolute Gasteiger partial charge is 0.199 e. The van der Waals surface area contributed by atoms with Crippen LogP contribution in [-0.4, -0.2) is 9.97 Å². The van der Waals surface area contributed by atoms with Crippen LogP contribution in [0, 0.1) is 5.82 Å². The minimum absolute atomic E-state index is 0.152. The fraction of sp³-hybridized carbons (Fsp3) is 0. The summed E-state index contributed by atoms with van der Waals surface area (Å²) in [6.45, 7) is 0. The SMILES string of the molecule is O=c1c2cc(F)ccc2[nH]c2[nH]c3ccccc3c12. The highest BCUT2D eigenvalue weighted by Gasteiger charge is 2.11. The lowest BCUT2D eigenvalue weighted by atomic mass is 10.1. The molecule has 0 aliphatic carbocycles. The number of H-pyrrole nitrogens is 2. The number of hydrogen-bond acceptors (Lipinski definition) is 1. The summed E-state index contributed by atoms with van der Waals surface area (Å²) in [4.78, 5) is 18.8. The Bertz CT molecular complexity index is 997. The van der Waals surface area contributed by atoms with Crippen LogP contribution in [0.4, 0.5) is 4.39 Å². The summed E-state index contributed by atoms with van der Waals surface area (Å²) in [6, 6.07) is 11.8. The number of benzene rings is 2. The lowest BCUT2D eigenvalue weighted by molar-refractivity contribution is 0.629. The second kappa shape index (κ2) is 3.45. The fourth-order valence-electron chi connectivity index (χ4n) is 2.55. The molecule has 92 valence electrons. The molecule has 0 fully saturated rings. The summed E-state index contributed by atoms with van der Waals surface area (Å²) in [6.07, 6.45) is 0. The predicted molar refractivity (Wildman–Crippen MR) is 73.9 cm³/mol. The summed E-state index contributed by atoms with van der Waals surface area (Å²) < 4.78 is 13.3. The number of fused-ring (bicyclic) bond motifs is 4. The molecule has 0 amide bonds. The van der Waals surface area contributed by atoms with Gasteiger partial charge in [0.1, 0.15) is 11.5 Å². The van der Waals surface area contributed by atoms with Crippen LogP contribution >= 0.6 is 0 Å². The minimum Gasteiger partial charge on any atom is -0.341 e. The Kier molecular flexibility index (Phi) is 1.87. The number of para-hydroxylation sites is 1. The van der Waals surface area contributed by atoms with E-state index in [2.05, 4.69) is 9.97 Å². The molecular formula is C15H9FN2O. The Morgan fingerprint density at radius 3 is 2.47 bits per heavy atom. The molecule has 19 heavy (non-hydrogen) atoms. The molecule has 4 heteroatoms. The number of pyridine rings is 1. The second-order valence-corrected chi connectivity index (χ2v) is 4.56. The van der Waals surface area contributed by atoms with E-state index in [9.17, 15) is 9.18 Å². The van der Waals surface area contributed by atoms with E-state index < -0.39 is 5.82 Å². The molecule has 3 nitrogen and oxygen atoms in total. The third-order valence-electron chi connectivity index (χ3n) is 3.42. The Labute approximate surface area is 106 Å². The first kappa shape index (κ1) is 10.3. The monoisotopic (exact) mass is 252 g/mol. The van der Waals surface area contributed by atoms with Gasteiger partial charge in [-0.25, -0.2) is 4.39 Å². The van der Waals surface area contributed by atoms with E-state index in [0.29, 0.717) is 21.9 Å². The molecule has 0 saturated carbocycles. The standard InChI is InChI=1S/C15H9FN2O/c16-8-5-6-12-10(7-8)14(19)13-9-3-1-2-4-11(9)17-15(13)18-12/h1-7H,(H2,17,18,19). The van der Waals surface area contributed by atoms with Crippen molar-refractivity contribution in [1.82, 2.24) is 9.97 Å². The highest BCUT2D eigenvalue weighted by Crippen LogP contribution is 2.23. The maximum absolute atomic E-state index is 13.3. The van der Waals surface area contributed by atoms with Gasteiger partial charge in [0.2, 0.25) is 0 Å². The summed E-state index contributed by atoms with van der Waals surface area (Å²) >= 11 is 0. The average Bonchev–Trinajstić information content (AvgIpc) is 2.78. The molecule has 2 aromatic carbocycles. The van der Waals surface area contributed by atoms with Crippen LogP contribution in [-0.2, 0) is 0 Å². The van der Waals surface area contributed by atoms with Crippen molar-refractivity contribution in [3.63, 3.8) is 0 Å². The van der Waals surface area contributed by atoms with Crippen molar-refractivity contribution in [2.75, 3.05) is 0 Å². The molecule has 2 aromatic heterocycles. The highest BCUT2D eigenvalue weighted by atomic mass is 19.1. The van der Waals surface area contributed by atoms with E-state index in [1.165, 1.54) is 12.1 Å². The van der Waals surface area contributed by atoms with Gasteiger partial charge >= 0.3 is 0 Å². The second-order valence-electron chi connectivity index (χ2n) is 4.56. The number of hydrogen-bond donors (Lipinski definition) is 2. The molecular weight excluding hydrogens is 243 g/mol. The molecule has 4 rings (SSSR count). The third kappa shape index (κ3) is 1.34. The van der Waals surface area contributed by atoms with Crippen LogP contribution in [0.15, 0.2) is 47.3 Å². The van der Waals surface area contributed by atoms with Crippen LogP contribution in [0.25, 0.3) is 32.8 Å². The van der Waals surface area contributed by atoms with Gasteiger partial charge in [0.05, 0.1) is 10.9 Å². The van der Waals surface area contributed by atoms with Crippen LogP contribution in [0.5, 0.6) is 0 Å². The van der Waals surface area contributed by atoms with Gasteiger partial charge in [-0.1, -0.05) is 18.2 Å². The van der Waals surface area contributed by atoms with Gasteiger partial charge in [-0.05, 0) is 24.3 Å². The maximum atomic E-state index is 13.3. The predicted octanol–water partition coefficient (Wildman–Crippen LogP) is 3.30. The van der Waals surface area contributed by atoms with Crippen molar-refractivity contribution >= 4 is 32.8 Å². The molecule has 2 heterocycles. The van der Waals surface area contributed by atoms with Gasteiger partial charge in [-0.2, -0.15) is 0 Å². The Balaban J connectivity index is 2.34. The Hall–Kier alpha value is -2.62. The molecule has 0 atom stereocenters. The Morgan fingerprint density at radius 2 is 1.63 bits per heavy atom. The van der Waals surface area contributed by atoms with Gasteiger partial charge in [0, 0.05) is 16.3 Å². The summed E-state index contributed by atoms with van der Waals surface area (Å²) in [5.41, 5.74) is 2.04. The van der Waals surface area contributed by atoms with Gasteiger partial charge in [-0.3, -0.25) is 4.79 Å². The number of nitrogens with one attached hydrogen (secondary N) is 2. The summed E-state index contributed by atoms with van der Waals surface area (Å²) in [5, 5.41) is 1.80. The van der Waals surface area contributed by atoms with Crippen molar-refractivity contribution in [3.05, 3.63) is 58.5 Å². The first-order valence-corrected chi connectivity index (χ1v) is 5.96. The number of rotatable bonds is 0. The molecule has 0 saturated heterocycles.